The van der Waals surface area contributed by atoms with E-state index in [4.69, 9.17) is 28.4 Å². The quantitative estimate of drug-likeness (QED) is 0.102. The van der Waals surface area contributed by atoms with E-state index < -0.39 is 100.0 Å². The molecule has 18 nitrogen and oxygen atoms in total. The molecule has 4 aliphatic rings. The zero-order valence-corrected chi connectivity index (χ0v) is 46.8. The molecule has 3 fully saturated rings. The minimum absolute atomic E-state index is 0.0191. The Morgan fingerprint density at radius 2 is 1.56 bits per heavy atom. The number of aliphatic hydroxyl groups is 4. The summed E-state index contributed by atoms with van der Waals surface area (Å²) in [5.41, 5.74) is 1.02. The van der Waals surface area contributed by atoms with E-state index in [1.165, 1.54) is 7.11 Å². The van der Waals surface area contributed by atoms with Crippen molar-refractivity contribution in [1.82, 2.24) is 4.90 Å². The Bertz CT molecular complexity index is 2120. The van der Waals surface area contributed by atoms with Gasteiger partial charge in [0.25, 0.3) is 11.7 Å². The largest absolute Gasteiger partial charge is 0.460 e. The maximum atomic E-state index is 14.6. The number of methoxy groups -OCH3 is 2. The number of aliphatic hydroxyl groups excluding tert-OH is 3. The van der Waals surface area contributed by atoms with E-state index in [-0.39, 0.29) is 99.3 Å². The fourth-order valence-electron chi connectivity index (χ4n) is 11.0. The number of fused-ring (bicyclic) bond motifs is 3. The lowest BCUT2D eigenvalue weighted by Crippen LogP contribution is -2.61. The molecule has 1 amide bonds. The number of carbonyl (C=O) groups is 5. The summed E-state index contributed by atoms with van der Waals surface area (Å²) in [5, 5.41) is 42.3. The standard InChI is InChI=1S/C56H89NO17S/c1-35-15-11-10-12-16-36(2)47(72-26-28-75(67,68)27-24-59)33-43-20-18-41(7)56(66,74-43)53(63)54(64)57-22-14-13-17-44(57)55(65)73-48(38(4)31-42-19-21-46(71-25-23-58)49(32-42)69-8)34-45(60)37(3)30-40(6)51(62)52(70-9)50(61)39(5)29-35/h10-12,15-16,30,35,37-39,41-44,46-49,51-52,58-59,62,66H,13-14,17-29,31-34H2,1-9H3/b12-10+,15-11+,36-16+,40-30+/t35-,37-,38-,39-,41-,42+,43+,44+,46-,47?,48+,49-,51-,52+,56-/m1/s1. The zero-order chi connectivity index (χ0) is 55.6. The summed E-state index contributed by atoms with van der Waals surface area (Å²) in [6, 6.07) is -1.22. The third kappa shape index (κ3) is 18.6. The Hall–Kier alpha value is -3.50. The molecule has 1 saturated carbocycles. The third-order valence-corrected chi connectivity index (χ3v) is 17.3. The lowest BCUT2D eigenvalue weighted by molar-refractivity contribution is -0.266. The van der Waals surface area contributed by atoms with Crippen LogP contribution in [0.4, 0.5) is 0 Å². The highest BCUT2D eigenvalue weighted by Gasteiger charge is 2.53. The van der Waals surface area contributed by atoms with Crippen LogP contribution >= 0.6 is 0 Å². The fraction of sp³-hybridized carbons (Fsp3) is 0.768. The van der Waals surface area contributed by atoms with Gasteiger partial charge in [-0.1, -0.05) is 71.1 Å². The summed E-state index contributed by atoms with van der Waals surface area (Å²) in [6.07, 6.45) is 9.86. The fourth-order valence-corrected chi connectivity index (χ4v) is 11.8. The SMILES string of the molecule is CO[C@@H]1C[C@H](C[C@@H](C)[C@@H]2CC(=O)[C@H](C)/C=C(\C)[C@@H](O)[C@@H](OC)C(=O)[C@H](C)C[C@H](C)/C=C/C=C/C=C(\C)C(OCCS(=O)(=O)CCO)C[C@@H]3CC[C@@H](C)[C@@](O)(O3)C(=O)C(=O)N3CCCC[C@H]3C(=O)O2)CC[C@H]1OCCO. The average molecular weight is 1080 g/mol. The molecule has 19 heteroatoms. The number of rotatable bonds is 14. The Morgan fingerprint density at radius 3 is 2.24 bits per heavy atom. The van der Waals surface area contributed by atoms with Crippen LogP contribution in [0.5, 0.6) is 0 Å². The minimum Gasteiger partial charge on any atom is -0.460 e. The Morgan fingerprint density at radius 1 is 0.827 bits per heavy atom. The van der Waals surface area contributed by atoms with Crippen LogP contribution in [0.15, 0.2) is 47.6 Å². The van der Waals surface area contributed by atoms with Crippen LogP contribution in [0.2, 0.25) is 0 Å². The molecule has 0 radical (unpaired) electrons. The number of nitrogens with zero attached hydrogens (tertiary/aromatic N) is 1. The molecule has 3 aliphatic heterocycles. The van der Waals surface area contributed by atoms with Crippen LogP contribution in [0, 0.1) is 35.5 Å². The highest BCUT2D eigenvalue weighted by molar-refractivity contribution is 7.91. The first-order chi connectivity index (χ1) is 35.5. The highest BCUT2D eigenvalue weighted by Crippen LogP contribution is 2.38. The molecule has 4 rings (SSSR count). The van der Waals surface area contributed by atoms with E-state index in [0.717, 1.165) is 11.3 Å². The van der Waals surface area contributed by atoms with Gasteiger partial charge in [-0.3, -0.25) is 19.2 Å². The van der Waals surface area contributed by atoms with Crippen LogP contribution in [0.3, 0.4) is 0 Å². The molecule has 4 N–H and O–H groups in total. The van der Waals surface area contributed by atoms with Crippen molar-refractivity contribution in [3.63, 3.8) is 0 Å². The molecule has 1 aliphatic carbocycles. The van der Waals surface area contributed by atoms with Crippen molar-refractivity contribution >= 4 is 39.1 Å². The van der Waals surface area contributed by atoms with E-state index in [9.17, 15) is 52.8 Å². The molecular formula is C56H89NO17S. The normalized spacial score (nSPS) is 36.8. The van der Waals surface area contributed by atoms with Crippen LogP contribution in [-0.4, -0.2) is 176 Å². The molecule has 75 heavy (non-hydrogen) atoms. The Kier molecular flexibility index (Phi) is 26.1. The molecule has 3 heterocycles. The molecule has 15 atom stereocenters. The summed E-state index contributed by atoms with van der Waals surface area (Å²) >= 11 is 0. The van der Waals surface area contributed by atoms with E-state index in [0.29, 0.717) is 56.1 Å². The number of amides is 1. The monoisotopic (exact) mass is 1080 g/mol. The summed E-state index contributed by atoms with van der Waals surface area (Å²) in [5.74, 6) is -9.57. The first-order valence-corrected chi connectivity index (χ1v) is 28.9. The molecular weight excluding hydrogens is 991 g/mol. The number of ether oxygens (including phenoxy) is 6. The van der Waals surface area contributed by atoms with E-state index in [2.05, 4.69) is 0 Å². The maximum Gasteiger partial charge on any atom is 0.329 e. The molecule has 1 unspecified atom stereocenters. The molecule has 0 aromatic rings. The van der Waals surface area contributed by atoms with Gasteiger partial charge in [-0.05, 0) is 107 Å². The number of ketones is 3. The van der Waals surface area contributed by atoms with Crippen LogP contribution in [0.1, 0.15) is 126 Å². The van der Waals surface area contributed by atoms with Gasteiger partial charge in [0.1, 0.15) is 30.1 Å². The van der Waals surface area contributed by atoms with Crippen molar-refractivity contribution in [3.05, 3.63) is 47.6 Å². The van der Waals surface area contributed by atoms with Gasteiger partial charge in [-0.2, -0.15) is 0 Å². The van der Waals surface area contributed by atoms with Gasteiger partial charge >= 0.3 is 5.97 Å². The zero-order valence-electron chi connectivity index (χ0n) is 45.9. The summed E-state index contributed by atoms with van der Waals surface area (Å²) < 4.78 is 60.9. The van der Waals surface area contributed by atoms with Gasteiger partial charge in [-0.15, -0.1) is 0 Å². The number of allylic oxidation sites excluding steroid dienone is 6. The molecule has 0 aromatic carbocycles. The van der Waals surface area contributed by atoms with E-state index in [1.807, 2.05) is 26.0 Å². The second kappa shape index (κ2) is 30.6. The maximum absolute atomic E-state index is 14.6. The summed E-state index contributed by atoms with van der Waals surface area (Å²) in [4.78, 5) is 72.7. The highest BCUT2D eigenvalue weighted by atomic mass is 32.2. The Labute approximate surface area is 445 Å². The predicted molar refractivity (Wildman–Crippen MR) is 281 cm³/mol. The van der Waals surface area contributed by atoms with Gasteiger partial charge < -0.3 is 53.7 Å². The van der Waals surface area contributed by atoms with Crippen molar-refractivity contribution in [2.24, 2.45) is 35.5 Å². The lowest BCUT2D eigenvalue weighted by Gasteiger charge is -2.43. The first kappa shape index (κ1) is 64.0. The van der Waals surface area contributed by atoms with Gasteiger partial charge in [0, 0.05) is 51.4 Å². The number of esters is 1. The number of Topliss-reactive ketones (excluding diaryl/α,β-unsaturated/α-hetero) is 3. The smallest absolute Gasteiger partial charge is 0.329 e. The van der Waals surface area contributed by atoms with Crippen LogP contribution < -0.4 is 0 Å². The number of sulfone groups is 1. The van der Waals surface area contributed by atoms with Gasteiger partial charge in [-0.25, -0.2) is 13.2 Å². The number of piperidine rings is 1. The molecule has 2 bridgehead atoms. The number of carbonyl (C=O) groups excluding carboxylic acids is 5. The Balaban J connectivity index is 1.73. The predicted octanol–water partition coefficient (Wildman–Crippen LogP) is 4.97. The molecule has 0 spiro atoms. The van der Waals surface area contributed by atoms with E-state index >= 15 is 0 Å². The van der Waals surface area contributed by atoms with Crippen molar-refractivity contribution in [1.29, 1.82) is 0 Å². The number of cyclic esters (lactones) is 1. The second-order valence-electron chi connectivity index (χ2n) is 21.7. The minimum atomic E-state index is -3.63. The van der Waals surface area contributed by atoms with Gasteiger partial charge in [0.05, 0.1) is 62.3 Å². The number of hydrogen-bond donors (Lipinski definition) is 4. The lowest BCUT2D eigenvalue weighted by atomic mass is 9.78. The van der Waals surface area contributed by atoms with Gasteiger partial charge in [0.2, 0.25) is 5.79 Å². The number of hydrogen-bond acceptors (Lipinski definition) is 17. The molecule has 2 saturated heterocycles. The van der Waals surface area contributed by atoms with E-state index in [1.54, 1.807) is 66.0 Å². The van der Waals surface area contributed by atoms with Crippen LogP contribution in [0.25, 0.3) is 0 Å². The average Bonchev–Trinajstić information content (AvgIpc) is 3.37. The summed E-state index contributed by atoms with van der Waals surface area (Å²) in [6.45, 7) is 11.7. The topological polar surface area (TPSA) is 259 Å². The van der Waals surface area contributed by atoms with Crippen molar-refractivity contribution in [2.75, 3.05) is 58.7 Å². The molecule has 0 aromatic heterocycles. The molecule has 426 valence electrons. The summed E-state index contributed by atoms with van der Waals surface area (Å²) in [7, 11) is -0.663. The third-order valence-electron chi connectivity index (χ3n) is 15.7. The van der Waals surface area contributed by atoms with Crippen molar-refractivity contribution in [3.8, 4) is 0 Å². The van der Waals surface area contributed by atoms with Crippen molar-refractivity contribution in [2.45, 2.75) is 180 Å². The van der Waals surface area contributed by atoms with Gasteiger partial charge in [0.15, 0.2) is 15.6 Å². The van der Waals surface area contributed by atoms with Crippen LogP contribution in [-0.2, 0) is 62.2 Å². The second-order valence-corrected chi connectivity index (χ2v) is 24.0. The first-order valence-electron chi connectivity index (χ1n) is 27.1. The van der Waals surface area contributed by atoms with Crippen molar-refractivity contribution < 1.29 is 81.2 Å².